The molecule has 0 atom stereocenters. The van der Waals surface area contributed by atoms with Gasteiger partial charge in [0.15, 0.2) is 0 Å². The number of para-hydroxylation sites is 3. The lowest BCUT2D eigenvalue weighted by atomic mass is 9.86. The number of hydrogen-bond donors (Lipinski definition) is 0. The van der Waals surface area contributed by atoms with Crippen LogP contribution in [0.1, 0.15) is 26.3 Å². The summed E-state index contributed by atoms with van der Waals surface area (Å²) in [5, 5.41) is 4.61. The van der Waals surface area contributed by atoms with Gasteiger partial charge in [0.25, 0.3) is 0 Å². The fraction of sp³-hybridized carbons (Fsp3) is 0.105. The standard InChI is InChI=1S/C38H30N4/c1-38(2,3)26-13-11-12-25(24-26)32-22-20-30-29-17-8-10-19-34(29)42(36(30)39-32)35-23-21-31-28-16-7-9-18-33(28)41(37(31)40-35)27-14-5-4-6-15-27/h4-24H,1-3H3. The molecule has 0 aliphatic rings. The molecule has 202 valence electrons. The number of nitrogens with zero attached hydrogens (tertiary/aromatic N) is 4. The van der Waals surface area contributed by atoms with E-state index in [-0.39, 0.29) is 5.41 Å². The molecule has 0 saturated heterocycles. The average Bonchev–Trinajstić information content (AvgIpc) is 3.53. The molecule has 0 unspecified atom stereocenters. The van der Waals surface area contributed by atoms with E-state index < -0.39 is 0 Å². The van der Waals surface area contributed by atoms with Crippen molar-refractivity contribution in [2.45, 2.75) is 26.2 Å². The number of benzene rings is 4. The second-order valence-corrected chi connectivity index (χ2v) is 12.0. The molecule has 4 heteroatoms. The zero-order chi connectivity index (χ0) is 28.4. The molecule has 0 spiro atoms. The summed E-state index contributed by atoms with van der Waals surface area (Å²) in [5.41, 5.74) is 8.60. The molecule has 4 aromatic carbocycles. The predicted octanol–water partition coefficient (Wildman–Crippen LogP) is 9.64. The molecule has 0 aliphatic heterocycles. The number of aromatic nitrogens is 4. The van der Waals surface area contributed by atoms with Crippen LogP contribution < -0.4 is 0 Å². The molecule has 0 fully saturated rings. The molecule has 0 saturated carbocycles. The quantitative estimate of drug-likeness (QED) is 0.223. The van der Waals surface area contributed by atoms with E-state index >= 15 is 0 Å². The van der Waals surface area contributed by atoms with Crippen LogP contribution in [0.4, 0.5) is 0 Å². The fourth-order valence-corrected chi connectivity index (χ4v) is 6.17. The van der Waals surface area contributed by atoms with Crippen LogP contribution in [-0.4, -0.2) is 19.1 Å². The van der Waals surface area contributed by atoms with Gasteiger partial charge in [0.05, 0.1) is 16.7 Å². The fourth-order valence-electron chi connectivity index (χ4n) is 6.17. The van der Waals surface area contributed by atoms with E-state index in [1.807, 2.05) is 0 Å². The molecule has 8 aromatic rings. The maximum atomic E-state index is 5.37. The second-order valence-electron chi connectivity index (χ2n) is 12.0. The second kappa shape index (κ2) is 9.15. The Balaban J connectivity index is 1.41. The summed E-state index contributed by atoms with van der Waals surface area (Å²) in [6.07, 6.45) is 0. The van der Waals surface area contributed by atoms with Gasteiger partial charge in [0, 0.05) is 32.8 Å². The van der Waals surface area contributed by atoms with E-state index in [0.717, 1.165) is 55.9 Å². The lowest BCUT2D eigenvalue weighted by molar-refractivity contribution is 0.590. The first-order valence-corrected chi connectivity index (χ1v) is 14.4. The zero-order valence-electron chi connectivity index (χ0n) is 23.9. The Hall–Kier alpha value is -5.22. The first kappa shape index (κ1) is 24.6. The maximum Gasteiger partial charge on any atom is 0.148 e. The van der Waals surface area contributed by atoms with Gasteiger partial charge in [-0.1, -0.05) is 93.6 Å². The van der Waals surface area contributed by atoms with Crippen molar-refractivity contribution in [3.05, 3.63) is 133 Å². The van der Waals surface area contributed by atoms with Crippen molar-refractivity contribution in [3.8, 4) is 22.8 Å². The third kappa shape index (κ3) is 3.76. The topological polar surface area (TPSA) is 35.6 Å². The Labute approximate surface area is 244 Å². The van der Waals surface area contributed by atoms with Crippen molar-refractivity contribution in [2.75, 3.05) is 0 Å². The largest absolute Gasteiger partial charge is 0.294 e. The number of pyridine rings is 2. The van der Waals surface area contributed by atoms with Crippen molar-refractivity contribution in [3.63, 3.8) is 0 Å². The summed E-state index contributed by atoms with van der Waals surface area (Å²) in [7, 11) is 0. The molecule has 4 nitrogen and oxygen atoms in total. The van der Waals surface area contributed by atoms with Crippen LogP contribution in [0.3, 0.4) is 0 Å². The summed E-state index contributed by atoms with van der Waals surface area (Å²) in [6.45, 7) is 6.74. The number of fused-ring (bicyclic) bond motifs is 6. The first-order valence-electron chi connectivity index (χ1n) is 14.4. The minimum Gasteiger partial charge on any atom is -0.294 e. The molecule has 0 bridgehead atoms. The normalized spacial score (nSPS) is 12.2. The SMILES string of the molecule is CC(C)(C)c1cccc(-c2ccc3c4ccccc4n(-c4ccc5c6ccccc6n(-c6ccccc6)c5n4)c3n2)c1. The number of hydrogen-bond acceptors (Lipinski definition) is 2. The van der Waals surface area contributed by atoms with Crippen molar-refractivity contribution in [2.24, 2.45) is 0 Å². The van der Waals surface area contributed by atoms with Crippen LogP contribution in [0.5, 0.6) is 0 Å². The Bertz CT molecular complexity index is 2280. The third-order valence-corrected chi connectivity index (χ3v) is 8.30. The van der Waals surface area contributed by atoms with Gasteiger partial charge in [-0.2, -0.15) is 0 Å². The highest BCUT2D eigenvalue weighted by molar-refractivity contribution is 6.10. The number of rotatable bonds is 3. The summed E-state index contributed by atoms with van der Waals surface area (Å²) in [5.74, 6) is 0.849. The predicted molar refractivity (Wildman–Crippen MR) is 175 cm³/mol. The Morgan fingerprint density at radius 2 is 1.12 bits per heavy atom. The molecule has 4 heterocycles. The van der Waals surface area contributed by atoms with E-state index in [1.54, 1.807) is 0 Å². The Morgan fingerprint density at radius 3 is 1.83 bits per heavy atom. The highest BCUT2D eigenvalue weighted by atomic mass is 15.1. The molecule has 8 rings (SSSR count). The highest BCUT2D eigenvalue weighted by Gasteiger charge is 2.19. The Morgan fingerprint density at radius 1 is 0.500 bits per heavy atom. The molecule has 0 amide bonds. The molecule has 0 aliphatic carbocycles. The van der Waals surface area contributed by atoms with Crippen LogP contribution in [-0.2, 0) is 5.41 Å². The Kier molecular flexibility index (Phi) is 5.35. The van der Waals surface area contributed by atoms with E-state index in [0.29, 0.717) is 0 Å². The van der Waals surface area contributed by atoms with Crippen LogP contribution in [0.15, 0.2) is 127 Å². The minimum atomic E-state index is 0.0611. The van der Waals surface area contributed by atoms with Gasteiger partial charge in [-0.3, -0.25) is 9.13 Å². The molecule has 42 heavy (non-hydrogen) atoms. The maximum absolute atomic E-state index is 5.37. The molecule has 4 aromatic heterocycles. The van der Waals surface area contributed by atoms with E-state index in [9.17, 15) is 0 Å². The lowest BCUT2D eigenvalue weighted by Gasteiger charge is -2.19. The van der Waals surface area contributed by atoms with Crippen LogP contribution in [0, 0.1) is 0 Å². The zero-order valence-corrected chi connectivity index (χ0v) is 23.9. The van der Waals surface area contributed by atoms with Crippen molar-refractivity contribution in [1.82, 2.24) is 19.1 Å². The molecule has 0 radical (unpaired) electrons. The van der Waals surface area contributed by atoms with E-state index in [4.69, 9.17) is 9.97 Å². The molecule has 0 N–H and O–H groups in total. The molecular weight excluding hydrogens is 512 g/mol. The van der Waals surface area contributed by atoms with Gasteiger partial charge >= 0.3 is 0 Å². The van der Waals surface area contributed by atoms with Gasteiger partial charge in [-0.25, -0.2) is 9.97 Å². The van der Waals surface area contributed by atoms with Crippen molar-refractivity contribution < 1.29 is 0 Å². The van der Waals surface area contributed by atoms with E-state index in [2.05, 4.69) is 157 Å². The molecular formula is C38H30N4. The van der Waals surface area contributed by atoms with Crippen LogP contribution >= 0.6 is 0 Å². The van der Waals surface area contributed by atoms with Gasteiger partial charge in [0.1, 0.15) is 17.1 Å². The summed E-state index contributed by atoms with van der Waals surface area (Å²) < 4.78 is 4.48. The summed E-state index contributed by atoms with van der Waals surface area (Å²) in [6, 6.07) is 45.0. The minimum absolute atomic E-state index is 0.0611. The summed E-state index contributed by atoms with van der Waals surface area (Å²) in [4.78, 5) is 10.7. The van der Waals surface area contributed by atoms with Crippen LogP contribution in [0.25, 0.3) is 66.6 Å². The van der Waals surface area contributed by atoms with Gasteiger partial charge in [-0.15, -0.1) is 0 Å². The first-order chi connectivity index (χ1) is 20.5. The third-order valence-electron chi connectivity index (χ3n) is 8.30. The highest BCUT2D eigenvalue weighted by Crippen LogP contribution is 2.36. The van der Waals surface area contributed by atoms with Crippen LogP contribution in [0.2, 0.25) is 0 Å². The van der Waals surface area contributed by atoms with Crippen molar-refractivity contribution in [1.29, 1.82) is 0 Å². The van der Waals surface area contributed by atoms with E-state index in [1.165, 1.54) is 16.3 Å². The lowest BCUT2D eigenvalue weighted by Crippen LogP contribution is -2.10. The van der Waals surface area contributed by atoms with Crippen molar-refractivity contribution >= 4 is 43.9 Å². The summed E-state index contributed by atoms with van der Waals surface area (Å²) >= 11 is 0. The van der Waals surface area contributed by atoms with Gasteiger partial charge in [0.2, 0.25) is 0 Å². The smallest absolute Gasteiger partial charge is 0.148 e. The van der Waals surface area contributed by atoms with Gasteiger partial charge < -0.3 is 0 Å². The average molecular weight is 543 g/mol. The van der Waals surface area contributed by atoms with Gasteiger partial charge in [-0.05, 0) is 65.6 Å². The monoisotopic (exact) mass is 542 g/mol.